The Labute approximate surface area is 90.4 Å². The minimum absolute atomic E-state index is 0.115. The molecule has 15 heavy (non-hydrogen) atoms. The van der Waals surface area contributed by atoms with Crippen LogP contribution in [0.3, 0.4) is 0 Å². The van der Waals surface area contributed by atoms with Gasteiger partial charge in [-0.05, 0) is 12.8 Å². The SMILES string of the molecule is CCOC(=O)CCNC(C(N)=O)C(C)C. The van der Waals surface area contributed by atoms with E-state index in [2.05, 4.69) is 5.32 Å². The molecular formula is C10H20N2O3. The van der Waals surface area contributed by atoms with Gasteiger partial charge in [-0.2, -0.15) is 0 Å². The van der Waals surface area contributed by atoms with Gasteiger partial charge in [-0.25, -0.2) is 0 Å². The number of hydrogen-bond donors (Lipinski definition) is 2. The minimum atomic E-state index is -0.395. The lowest BCUT2D eigenvalue weighted by atomic mass is 10.0. The van der Waals surface area contributed by atoms with Crippen LogP contribution in [0.15, 0.2) is 0 Å². The Hall–Kier alpha value is -1.10. The molecule has 0 fully saturated rings. The number of primary amides is 1. The van der Waals surface area contributed by atoms with E-state index in [4.69, 9.17) is 10.5 Å². The van der Waals surface area contributed by atoms with Crippen molar-refractivity contribution in [1.29, 1.82) is 0 Å². The van der Waals surface area contributed by atoms with Gasteiger partial charge in [0.1, 0.15) is 0 Å². The number of ether oxygens (including phenoxy) is 1. The maximum atomic E-state index is 11.0. The fourth-order valence-electron chi connectivity index (χ4n) is 1.23. The van der Waals surface area contributed by atoms with Crippen LogP contribution in [0, 0.1) is 5.92 Å². The highest BCUT2D eigenvalue weighted by atomic mass is 16.5. The molecule has 0 aromatic rings. The number of rotatable bonds is 7. The number of carbonyl (C=O) groups is 2. The highest BCUT2D eigenvalue weighted by molar-refractivity contribution is 5.80. The van der Waals surface area contributed by atoms with Gasteiger partial charge in [0.15, 0.2) is 0 Å². The van der Waals surface area contributed by atoms with Crippen LogP contribution in [-0.4, -0.2) is 31.1 Å². The number of esters is 1. The first-order chi connectivity index (χ1) is 6.99. The Morgan fingerprint density at radius 1 is 1.40 bits per heavy atom. The first-order valence-electron chi connectivity index (χ1n) is 5.17. The molecule has 0 saturated carbocycles. The van der Waals surface area contributed by atoms with E-state index in [0.717, 1.165) is 0 Å². The average molecular weight is 216 g/mol. The largest absolute Gasteiger partial charge is 0.466 e. The van der Waals surface area contributed by atoms with Gasteiger partial charge in [0.25, 0.3) is 0 Å². The summed E-state index contributed by atoms with van der Waals surface area (Å²) in [6.07, 6.45) is 0.254. The van der Waals surface area contributed by atoms with Gasteiger partial charge in [-0.1, -0.05) is 13.8 Å². The van der Waals surface area contributed by atoms with Crippen LogP contribution in [-0.2, 0) is 14.3 Å². The van der Waals surface area contributed by atoms with Gasteiger partial charge >= 0.3 is 5.97 Å². The number of carbonyl (C=O) groups excluding carboxylic acids is 2. The Balaban J connectivity index is 3.81. The molecule has 88 valence electrons. The predicted octanol–water partition coefficient (Wildman–Crippen LogP) is 0.0391. The van der Waals surface area contributed by atoms with Gasteiger partial charge in [-0.3, -0.25) is 9.59 Å². The van der Waals surface area contributed by atoms with Crippen LogP contribution in [0.25, 0.3) is 0 Å². The first-order valence-corrected chi connectivity index (χ1v) is 5.17. The van der Waals surface area contributed by atoms with Crippen molar-refractivity contribution < 1.29 is 14.3 Å². The van der Waals surface area contributed by atoms with E-state index in [0.29, 0.717) is 13.2 Å². The molecule has 0 aromatic carbocycles. The fourth-order valence-corrected chi connectivity index (χ4v) is 1.23. The monoisotopic (exact) mass is 216 g/mol. The van der Waals surface area contributed by atoms with E-state index < -0.39 is 5.91 Å². The summed E-state index contributed by atoms with van der Waals surface area (Å²) in [6, 6.07) is -0.389. The molecule has 0 aliphatic rings. The minimum Gasteiger partial charge on any atom is -0.466 e. The number of amides is 1. The molecule has 0 aliphatic carbocycles. The molecule has 0 radical (unpaired) electrons. The molecule has 5 heteroatoms. The predicted molar refractivity (Wildman–Crippen MR) is 57.1 cm³/mol. The quantitative estimate of drug-likeness (QED) is 0.589. The lowest BCUT2D eigenvalue weighted by molar-refractivity contribution is -0.143. The second kappa shape index (κ2) is 7.23. The zero-order valence-electron chi connectivity index (χ0n) is 9.58. The van der Waals surface area contributed by atoms with Crippen molar-refractivity contribution in [2.24, 2.45) is 11.7 Å². The topological polar surface area (TPSA) is 81.4 Å². The molecule has 0 aromatic heterocycles. The van der Waals surface area contributed by atoms with Crippen molar-refractivity contribution in [3.8, 4) is 0 Å². The summed E-state index contributed by atoms with van der Waals surface area (Å²) in [6.45, 7) is 6.33. The van der Waals surface area contributed by atoms with Crippen molar-refractivity contribution in [1.82, 2.24) is 5.32 Å². The van der Waals surface area contributed by atoms with Gasteiger partial charge in [0.2, 0.25) is 5.91 Å². The first kappa shape index (κ1) is 13.9. The molecule has 1 atom stereocenters. The summed E-state index contributed by atoms with van der Waals surface area (Å²) in [7, 11) is 0. The lowest BCUT2D eigenvalue weighted by Crippen LogP contribution is -2.45. The van der Waals surface area contributed by atoms with Gasteiger partial charge in [-0.15, -0.1) is 0 Å². The molecule has 0 aliphatic heterocycles. The lowest BCUT2D eigenvalue weighted by Gasteiger charge is -2.18. The van der Waals surface area contributed by atoms with Crippen molar-refractivity contribution in [3.05, 3.63) is 0 Å². The van der Waals surface area contributed by atoms with Crippen LogP contribution >= 0.6 is 0 Å². The van der Waals surface area contributed by atoms with Crippen LogP contribution in [0.5, 0.6) is 0 Å². The summed E-state index contributed by atoms with van der Waals surface area (Å²) >= 11 is 0. The molecule has 0 bridgehead atoms. The second-order valence-corrected chi connectivity index (χ2v) is 3.63. The molecule has 0 spiro atoms. The summed E-state index contributed by atoms with van der Waals surface area (Å²) in [5.41, 5.74) is 5.20. The van der Waals surface area contributed by atoms with Crippen LogP contribution in [0.4, 0.5) is 0 Å². The van der Waals surface area contributed by atoms with Crippen molar-refractivity contribution >= 4 is 11.9 Å². The van der Waals surface area contributed by atoms with E-state index in [-0.39, 0.29) is 24.3 Å². The summed E-state index contributed by atoms with van der Waals surface area (Å²) < 4.78 is 4.75. The molecule has 1 amide bonds. The van der Waals surface area contributed by atoms with Crippen molar-refractivity contribution in [3.63, 3.8) is 0 Å². The summed E-state index contributed by atoms with van der Waals surface area (Å²) in [4.78, 5) is 22.0. The van der Waals surface area contributed by atoms with E-state index >= 15 is 0 Å². The van der Waals surface area contributed by atoms with Crippen LogP contribution in [0.2, 0.25) is 0 Å². The van der Waals surface area contributed by atoms with E-state index in [1.807, 2.05) is 13.8 Å². The Bertz CT molecular complexity index is 217. The highest BCUT2D eigenvalue weighted by Gasteiger charge is 2.18. The smallest absolute Gasteiger partial charge is 0.307 e. The van der Waals surface area contributed by atoms with Crippen molar-refractivity contribution in [2.75, 3.05) is 13.2 Å². The van der Waals surface area contributed by atoms with Gasteiger partial charge in [0, 0.05) is 6.54 Å². The molecule has 5 nitrogen and oxygen atoms in total. The third-order valence-electron chi connectivity index (χ3n) is 1.97. The van der Waals surface area contributed by atoms with Crippen LogP contribution < -0.4 is 11.1 Å². The van der Waals surface area contributed by atoms with E-state index in [9.17, 15) is 9.59 Å². The van der Waals surface area contributed by atoms with Gasteiger partial charge < -0.3 is 15.8 Å². The summed E-state index contributed by atoms with van der Waals surface area (Å²) in [5, 5.41) is 2.93. The van der Waals surface area contributed by atoms with Crippen LogP contribution in [0.1, 0.15) is 27.2 Å². The molecule has 1 unspecified atom stereocenters. The maximum absolute atomic E-state index is 11.0. The number of hydrogen-bond acceptors (Lipinski definition) is 4. The zero-order valence-corrected chi connectivity index (χ0v) is 9.58. The second-order valence-electron chi connectivity index (χ2n) is 3.63. The third-order valence-corrected chi connectivity index (χ3v) is 1.97. The normalized spacial score (nSPS) is 12.5. The molecular weight excluding hydrogens is 196 g/mol. The standard InChI is InChI=1S/C10H20N2O3/c1-4-15-8(13)5-6-12-9(7(2)3)10(11)14/h7,9,12H,4-6H2,1-3H3,(H2,11,14). The third kappa shape index (κ3) is 6.06. The summed E-state index contributed by atoms with van der Waals surface area (Å²) in [5.74, 6) is -0.546. The Morgan fingerprint density at radius 3 is 2.40 bits per heavy atom. The van der Waals surface area contributed by atoms with Crippen molar-refractivity contribution in [2.45, 2.75) is 33.2 Å². The zero-order chi connectivity index (χ0) is 11.8. The van der Waals surface area contributed by atoms with Gasteiger partial charge in [0.05, 0.1) is 19.1 Å². The Kier molecular flexibility index (Phi) is 6.70. The Morgan fingerprint density at radius 2 is 2.00 bits per heavy atom. The average Bonchev–Trinajstić information content (AvgIpc) is 2.11. The fraction of sp³-hybridized carbons (Fsp3) is 0.800. The molecule has 0 heterocycles. The maximum Gasteiger partial charge on any atom is 0.307 e. The number of nitrogens with two attached hydrogens (primary N) is 1. The molecule has 3 N–H and O–H groups in total. The highest BCUT2D eigenvalue weighted by Crippen LogP contribution is 2.00. The van der Waals surface area contributed by atoms with E-state index in [1.54, 1.807) is 6.92 Å². The molecule has 0 saturated heterocycles. The number of nitrogens with one attached hydrogen (secondary N) is 1. The molecule has 0 rings (SSSR count). The van der Waals surface area contributed by atoms with E-state index in [1.165, 1.54) is 0 Å².